The van der Waals surface area contributed by atoms with Crippen LogP contribution in [0.2, 0.25) is 0 Å². The minimum Gasteiger partial charge on any atom is -0.537 e. The van der Waals surface area contributed by atoms with Gasteiger partial charge in [-0.05, 0) is 225 Å². The summed E-state index contributed by atoms with van der Waals surface area (Å²) < 4.78 is 72.8. The van der Waals surface area contributed by atoms with Crippen molar-refractivity contribution in [2.45, 2.75) is 164 Å². The molecule has 0 spiro atoms. The number of allylic oxidation sites excluding steroid dienone is 1. The summed E-state index contributed by atoms with van der Waals surface area (Å²) in [7, 11) is 0.430. The smallest absolute Gasteiger partial charge is 0.537 e. The van der Waals surface area contributed by atoms with Crippen LogP contribution in [0.5, 0.6) is 11.5 Å². The molecule has 6 aromatic heterocycles. The Hall–Kier alpha value is -8.00. The molecule has 0 fully saturated rings. The maximum atomic E-state index is 11.7. The summed E-state index contributed by atoms with van der Waals surface area (Å²) in [4.78, 5) is 80.2. The first-order valence-electron chi connectivity index (χ1n) is 32.3. The van der Waals surface area contributed by atoms with Crippen LogP contribution in [0.25, 0.3) is 39.2 Å². The van der Waals surface area contributed by atoms with Crippen molar-refractivity contribution >= 4 is 148 Å². The van der Waals surface area contributed by atoms with E-state index in [1.807, 2.05) is 135 Å². The van der Waals surface area contributed by atoms with Crippen LogP contribution in [0.1, 0.15) is 141 Å². The van der Waals surface area contributed by atoms with Crippen molar-refractivity contribution in [2.24, 2.45) is 0 Å². The van der Waals surface area contributed by atoms with E-state index < -0.39 is 41.0 Å². The summed E-state index contributed by atoms with van der Waals surface area (Å²) in [6.07, 6.45) is 14.8. The molecule has 4 amide bonds. The number of alkyl carbamates (subject to hydrolysis) is 4. The summed E-state index contributed by atoms with van der Waals surface area (Å²) >= 11 is 13.6. The van der Waals surface area contributed by atoms with Crippen LogP contribution < -0.4 is 30.7 Å². The van der Waals surface area contributed by atoms with Gasteiger partial charge in [0, 0.05) is 129 Å². The molecule has 8 aromatic rings. The molecule has 0 saturated carbocycles. The number of pyridine rings is 3. The lowest BCUT2D eigenvalue weighted by Crippen LogP contribution is -2.33. The van der Waals surface area contributed by atoms with Gasteiger partial charge in [0.05, 0.1) is 0 Å². The largest absolute Gasteiger partial charge is 0.573 e. The van der Waals surface area contributed by atoms with Crippen molar-refractivity contribution in [1.82, 2.24) is 49.9 Å². The van der Waals surface area contributed by atoms with E-state index >= 15 is 0 Å². The molecule has 9 rings (SSSR count). The number of aldehydes is 2. The average molecular weight is 1680 g/mol. The van der Waals surface area contributed by atoms with E-state index in [4.69, 9.17) is 24.0 Å². The van der Waals surface area contributed by atoms with Gasteiger partial charge in [0.2, 0.25) is 0 Å². The second kappa shape index (κ2) is 41.9. The average Bonchev–Trinajstić information content (AvgIpc) is 1.67. The highest BCUT2D eigenvalue weighted by Gasteiger charge is 2.31. The molecular weight excluding hydrogens is 1590 g/mol. The second-order valence-electron chi connectivity index (χ2n) is 26.3. The number of nitrogens with zero attached hydrogens (tertiary/aromatic N) is 6. The second-order valence-corrected chi connectivity index (χ2v) is 29.8. The zero-order valence-electron chi connectivity index (χ0n) is 59.1. The highest BCUT2D eigenvalue weighted by molar-refractivity contribution is 9.11. The molecule has 0 unspecified atom stereocenters. The van der Waals surface area contributed by atoms with Crippen molar-refractivity contribution in [3.8, 4) is 11.5 Å². The topological polar surface area (TPSA) is 280 Å². The number of aromatic nitrogens is 6. The van der Waals surface area contributed by atoms with Gasteiger partial charge in [0.1, 0.15) is 50.8 Å². The van der Waals surface area contributed by atoms with E-state index in [2.05, 4.69) is 144 Å². The molecule has 0 atom stereocenters. The van der Waals surface area contributed by atoms with E-state index in [1.165, 1.54) is 23.3 Å². The van der Waals surface area contributed by atoms with E-state index in [-0.39, 0.29) is 23.7 Å². The van der Waals surface area contributed by atoms with Gasteiger partial charge in [0.25, 0.3) is 0 Å². The van der Waals surface area contributed by atoms with Gasteiger partial charge in [-0.2, -0.15) is 0 Å². The first-order chi connectivity index (χ1) is 47.9. The normalized spacial score (nSPS) is 11.6. The molecule has 102 heavy (non-hydrogen) atoms. The van der Waals surface area contributed by atoms with Crippen molar-refractivity contribution in [3.05, 3.63) is 152 Å². The van der Waals surface area contributed by atoms with E-state index in [9.17, 15) is 41.9 Å². The molecule has 6 heterocycles. The number of ether oxygens (including phenoxy) is 5. The third-order valence-electron chi connectivity index (χ3n) is 12.8. The Balaban J connectivity index is 0.000000265. The third kappa shape index (κ3) is 34.8. The van der Waals surface area contributed by atoms with Gasteiger partial charge < -0.3 is 68.3 Å². The standard InChI is InChI=1S/C16H20BrN3O3.C16H21N3O3.C15H20BrN3O2.C9H7Br.C8H16BrNO2.C7H5BF3O3/c1-16(2,3)23-15(22)18-5-4-6-20-9-13(17)12-7-11(10-21)8-19-14(12)20;1-16(2,3)22-15(21)17-6-4-7-19-8-5-13-9-12(11-20)10-18-14(13)19;1-15(2,3)21-14(20)17-6-4-7-19-8-5-11-9-12(16)10-18-13(11)19;10-9-5-4-7-2-1-3-8(7)6-9;1-8(2,3)12-7(11)10-6-4-5-9;9-7(10,11)13-5-1-3-6(4-2-5)14-8-12/h7-10H,4-6H2,1-3H3,(H,18,22);5,8-11H,4,6-7H2,1-3H3,(H,17,21);5,8-10H,4,6-7H2,1-3H3,(H,17,20);1,3-6H,2H2;4-6H2,1-3H3,(H,10,11);1-4,12H. The minimum absolute atomic E-state index is 0.210. The molecule has 0 aliphatic heterocycles. The van der Waals surface area contributed by atoms with Crippen LogP contribution in [0.3, 0.4) is 0 Å². The van der Waals surface area contributed by atoms with E-state index in [0.717, 1.165) is 122 Å². The molecule has 1 aliphatic rings. The number of carbonyl (C=O) groups excluding carboxylic acids is 6. The predicted octanol–water partition coefficient (Wildman–Crippen LogP) is 16.8. The number of rotatable bonds is 20. The Morgan fingerprint density at radius 3 is 1.43 bits per heavy atom. The summed E-state index contributed by atoms with van der Waals surface area (Å²) in [6.45, 7) is 26.6. The lowest BCUT2D eigenvalue weighted by Gasteiger charge is -2.19. The number of amides is 4. The number of benzene rings is 2. The molecule has 553 valence electrons. The van der Waals surface area contributed by atoms with Gasteiger partial charge in [-0.15, -0.1) is 13.2 Å². The Morgan fingerprint density at radius 1 is 0.549 bits per heavy atom. The monoisotopic (exact) mass is 1670 g/mol. The molecule has 5 N–H and O–H groups in total. The van der Waals surface area contributed by atoms with Gasteiger partial charge in [-0.1, -0.05) is 50.1 Å². The maximum absolute atomic E-state index is 11.7. The summed E-state index contributed by atoms with van der Waals surface area (Å²) in [5.41, 5.74) is 4.65. The zero-order valence-corrected chi connectivity index (χ0v) is 65.5. The fourth-order valence-corrected chi connectivity index (χ4v) is 10.3. The van der Waals surface area contributed by atoms with Gasteiger partial charge in [-0.3, -0.25) is 9.59 Å². The van der Waals surface area contributed by atoms with E-state index in [0.29, 0.717) is 51.5 Å². The van der Waals surface area contributed by atoms with Crippen LogP contribution >= 0.6 is 63.7 Å². The van der Waals surface area contributed by atoms with Crippen molar-refractivity contribution in [3.63, 3.8) is 0 Å². The zero-order chi connectivity index (χ0) is 75.8. The quantitative estimate of drug-likeness (QED) is 0.0156. The Labute approximate surface area is 626 Å². The number of alkyl halides is 4. The van der Waals surface area contributed by atoms with Gasteiger partial charge in [0.15, 0.2) is 12.6 Å². The number of aryl methyl sites for hydroxylation is 3. The van der Waals surface area contributed by atoms with Crippen molar-refractivity contribution < 1.29 is 75.3 Å². The summed E-state index contributed by atoms with van der Waals surface area (Å²) in [5, 5.41) is 22.9. The van der Waals surface area contributed by atoms with Crippen LogP contribution in [0, 0.1) is 0 Å². The molecule has 31 heteroatoms. The maximum Gasteiger partial charge on any atom is 0.573 e. The van der Waals surface area contributed by atoms with Gasteiger partial charge in [-0.25, -0.2) is 34.1 Å². The number of hydrogen-bond donors (Lipinski definition) is 5. The fraction of sp³-hybridized carbons (Fsp3) is 0.423. The summed E-state index contributed by atoms with van der Waals surface area (Å²) in [6, 6.07) is 20.6. The molecule has 23 nitrogen and oxygen atoms in total. The number of hydrogen-bond acceptors (Lipinski definition) is 16. The first kappa shape index (κ1) is 86.4. The number of carbonyl (C=O) groups is 6. The molecule has 2 aromatic carbocycles. The lowest BCUT2D eigenvalue weighted by atomic mass is 10.1. The Bertz CT molecular complexity index is 4010. The highest BCUT2D eigenvalue weighted by atomic mass is 79.9. The van der Waals surface area contributed by atoms with Crippen LogP contribution in [-0.2, 0) is 45.0 Å². The fourth-order valence-electron chi connectivity index (χ4n) is 8.79. The van der Waals surface area contributed by atoms with Gasteiger partial charge >= 0.3 is 38.4 Å². The number of nitrogens with one attached hydrogen (secondary N) is 4. The van der Waals surface area contributed by atoms with Crippen LogP contribution in [0.15, 0.2) is 129 Å². The molecule has 0 bridgehead atoms. The number of fused-ring (bicyclic) bond motifs is 4. The van der Waals surface area contributed by atoms with Crippen LogP contribution in [-0.4, -0.2) is 139 Å². The van der Waals surface area contributed by atoms with Crippen molar-refractivity contribution in [1.29, 1.82) is 0 Å². The predicted molar refractivity (Wildman–Crippen MR) is 403 cm³/mol. The molecule has 1 aliphatic carbocycles. The third-order valence-corrected chi connectivity index (χ3v) is 15.0. The van der Waals surface area contributed by atoms with Crippen LogP contribution in [0.4, 0.5) is 32.3 Å². The number of halogens is 7. The lowest BCUT2D eigenvalue weighted by molar-refractivity contribution is -0.274. The summed E-state index contributed by atoms with van der Waals surface area (Å²) in [5.74, 6) is -0.134. The first-order valence-corrected chi connectivity index (χ1v) is 35.8. The Morgan fingerprint density at radius 2 is 0.980 bits per heavy atom. The molecular formula is C71H89BBr4F3N10O13. The highest BCUT2D eigenvalue weighted by Crippen LogP contribution is 2.28. The minimum atomic E-state index is -4.70. The van der Waals surface area contributed by atoms with Crippen molar-refractivity contribution in [2.75, 3.05) is 31.5 Å². The molecule has 0 saturated heterocycles. The molecule has 1 radical (unpaired) electrons. The Kier molecular flexibility index (Phi) is 35.5. The SMILES string of the molecule is Brc1ccc2c(c1)C=CC2.CC(C)(C)OC(=O)NCCCBr.CC(C)(C)OC(=O)NCCCn1cc(Br)c2cc(C=O)cnc21.CC(C)(C)OC(=O)NCCCn1ccc2cc(Br)cnc21.CC(C)(C)OC(=O)NCCCn1ccc2cc(C=O)cnc21.O[B]Oc1ccc(OC(F)(F)F)cc1. The van der Waals surface area contributed by atoms with E-state index in [1.54, 1.807) is 24.7 Å².